The molecular formula is C12H12Cl3NO3S. The van der Waals surface area contributed by atoms with Gasteiger partial charge < -0.3 is 5.32 Å². The molecule has 2 atom stereocenters. The quantitative estimate of drug-likeness (QED) is 0.840. The molecule has 0 bridgehead atoms. The van der Waals surface area contributed by atoms with Crippen LogP contribution in [0.2, 0.25) is 10.0 Å². The smallest absolute Gasteiger partial charge is 0.262 e. The molecule has 2 unspecified atom stereocenters. The minimum atomic E-state index is -4.03. The Morgan fingerprint density at radius 3 is 2.55 bits per heavy atom. The van der Waals surface area contributed by atoms with Gasteiger partial charge in [-0.3, -0.25) is 4.79 Å². The zero-order valence-electron chi connectivity index (χ0n) is 10.5. The number of nitrogens with one attached hydrogen (secondary N) is 1. The normalized spacial score (nSPS) is 21.6. The van der Waals surface area contributed by atoms with Crippen LogP contribution in [0, 0.1) is 5.92 Å². The van der Waals surface area contributed by atoms with Crippen molar-refractivity contribution in [2.45, 2.75) is 30.7 Å². The lowest BCUT2D eigenvalue weighted by molar-refractivity contribution is 0.0949. The van der Waals surface area contributed by atoms with Crippen LogP contribution in [0.5, 0.6) is 0 Å². The predicted octanol–water partition coefficient (Wildman–Crippen LogP) is 3.45. The summed E-state index contributed by atoms with van der Waals surface area (Å²) in [5, 5.41) is 2.62. The Morgan fingerprint density at radius 1 is 1.40 bits per heavy atom. The SMILES string of the molecule is CCC1CC1NC(=O)c1c(Cl)ccc(S(=O)(=O)Cl)c1Cl. The van der Waals surface area contributed by atoms with E-state index in [-0.39, 0.29) is 26.5 Å². The van der Waals surface area contributed by atoms with Gasteiger partial charge in [0, 0.05) is 16.7 Å². The molecule has 2 rings (SSSR count). The van der Waals surface area contributed by atoms with Crippen LogP contribution in [0.1, 0.15) is 30.1 Å². The molecule has 1 saturated carbocycles. The van der Waals surface area contributed by atoms with Crippen molar-refractivity contribution in [3.63, 3.8) is 0 Å². The largest absolute Gasteiger partial charge is 0.349 e. The molecule has 0 aromatic heterocycles. The summed E-state index contributed by atoms with van der Waals surface area (Å²) < 4.78 is 22.8. The maximum Gasteiger partial charge on any atom is 0.262 e. The number of benzene rings is 1. The topological polar surface area (TPSA) is 63.2 Å². The van der Waals surface area contributed by atoms with Gasteiger partial charge in [0.15, 0.2) is 0 Å². The van der Waals surface area contributed by atoms with Crippen LogP contribution in [-0.4, -0.2) is 20.4 Å². The predicted molar refractivity (Wildman–Crippen MR) is 79.2 cm³/mol. The highest BCUT2D eigenvalue weighted by atomic mass is 35.7. The van der Waals surface area contributed by atoms with Gasteiger partial charge in [0.05, 0.1) is 15.6 Å². The van der Waals surface area contributed by atoms with Gasteiger partial charge in [-0.25, -0.2) is 8.42 Å². The van der Waals surface area contributed by atoms with E-state index in [2.05, 4.69) is 5.32 Å². The summed E-state index contributed by atoms with van der Waals surface area (Å²) in [5.41, 5.74) is -0.0585. The molecule has 0 heterocycles. The Balaban J connectivity index is 2.34. The van der Waals surface area contributed by atoms with Gasteiger partial charge in [0.1, 0.15) is 4.90 Å². The minimum Gasteiger partial charge on any atom is -0.349 e. The molecule has 8 heteroatoms. The molecular weight excluding hydrogens is 345 g/mol. The van der Waals surface area contributed by atoms with Crippen molar-refractivity contribution >= 4 is 48.8 Å². The summed E-state index contributed by atoms with van der Waals surface area (Å²) in [6.07, 6.45) is 1.88. The van der Waals surface area contributed by atoms with E-state index in [0.29, 0.717) is 5.92 Å². The van der Waals surface area contributed by atoms with Crippen LogP contribution in [0.3, 0.4) is 0 Å². The molecule has 1 aliphatic carbocycles. The summed E-state index contributed by atoms with van der Waals surface area (Å²) in [4.78, 5) is 11.8. The molecule has 0 radical (unpaired) electrons. The second-order valence-corrected chi connectivity index (χ2v) is 7.98. The van der Waals surface area contributed by atoms with Crippen molar-refractivity contribution in [3.8, 4) is 0 Å². The van der Waals surface area contributed by atoms with Crippen molar-refractivity contribution in [2.24, 2.45) is 5.92 Å². The molecule has 110 valence electrons. The average Bonchev–Trinajstić information content (AvgIpc) is 3.05. The van der Waals surface area contributed by atoms with E-state index in [4.69, 9.17) is 33.9 Å². The fourth-order valence-corrected chi connectivity index (χ4v) is 3.94. The lowest BCUT2D eigenvalue weighted by atomic mass is 10.2. The van der Waals surface area contributed by atoms with Crippen molar-refractivity contribution in [2.75, 3.05) is 0 Å². The Labute approximate surface area is 131 Å². The van der Waals surface area contributed by atoms with E-state index >= 15 is 0 Å². The van der Waals surface area contributed by atoms with Crippen LogP contribution in [0.4, 0.5) is 0 Å². The van der Waals surface area contributed by atoms with Crippen molar-refractivity contribution < 1.29 is 13.2 Å². The van der Waals surface area contributed by atoms with E-state index in [1.165, 1.54) is 12.1 Å². The molecule has 1 aliphatic rings. The third-order valence-corrected chi connectivity index (χ3v) is 5.49. The lowest BCUT2D eigenvalue weighted by Gasteiger charge is -2.10. The fraction of sp³-hybridized carbons (Fsp3) is 0.417. The van der Waals surface area contributed by atoms with E-state index < -0.39 is 15.0 Å². The first-order chi connectivity index (χ1) is 9.25. The first-order valence-electron chi connectivity index (χ1n) is 5.99. The number of halogens is 3. The van der Waals surface area contributed by atoms with Crippen molar-refractivity contribution in [1.29, 1.82) is 0 Å². The second-order valence-electron chi connectivity index (χ2n) is 4.66. The number of hydrogen-bond acceptors (Lipinski definition) is 3. The van der Waals surface area contributed by atoms with E-state index in [9.17, 15) is 13.2 Å². The highest BCUT2D eigenvalue weighted by molar-refractivity contribution is 8.13. The average molecular weight is 357 g/mol. The van der Waals surface area contributed by atoms with Gasteiger partial charge in [-0.1, -0.05) is 36.5 Å². The van der Waals surface area contributed by atoms with Crippen molar-refractivity contribution in [3.05, 3.63) is 27.7 Å². The van der Waals surface area contributed by atoms with E-state index in [1.807, 2.05) is 6.92 Å². The molecule has 1 aromatic carbocycles. The van der Waals surface area contributed by atoms with E-state index in [0.717, 1.165) is 12.8 Å². The van der Waals surface area contributed by atoms with Gasteiger partial charge in [-0.2, -0.15) is 0 Å². The van der Waals surface area contributed by atoms with Gasteiger partial charge in [-0.05, 0) is 24.5 Å². The molecule has 1 aromatic rings. The van der Waals surface area contributed by atoms with E-state index in [1.54, 1.807) is 0 Å². The lowest BCUT2D eigenvalue weighted by Crippen LogP contribution is -2.27. The molecule has 20 heavy (non-hydrogen) atoms. The van der Waals surface area contributed by atoms with Crippen LogP contribution in [0.15, 0.2) is 17.0 Å². The van der Waals surface area contributed by atoms with Crippen LogP contribution >= 0.6 is 33.9 Å². The summed E-state index contributed by atoms with van der Waals surface area (Å²) in [6, 6.07) is 2.56. The highest BCUT2D eigenvalue weighted by Crippen LogP contribution is 2.36. The maximum atomic E-state index is 12.2. The number of hydrogen-bond donors (Lipinski definition) is 1. The van der Waals surface area contributed by atoms with Gasteiger partial charge in [-0.15, -0.1) is 0 Å². The third-order valence-electron chi connectivity index (χ3n) is 3.31. The molecule has 0 aliphatic heterocycles. The third kappa shape index (κ3) is 3.22. The van der Waals surface area contributed by atoms with Gasteiger partial charge >= 0.3 is 0 Å². The standard InChI is InChI=1S/C12H12Cl3NO3S/c1-2-6-5-8(6)16-12(17)10-7(13)3-4-9(11(10)14)20(15,18)19/h3-4,6,8H,2,5H2,1H3,(H,16,17). The van der Waals surface area contributed by atoms with Crippen LogP contribution in [0.25, 0.3) is 0 Å². The molecule has 1 fully saturated rings. The Morgan fingerprint density at radius 2 is 2.05 bits per heavy atom. The summed E-state index contributed by atoms with van der Waals surface area (Å²) >= 11 is 11.9. The zero-order chi connectivity index (χ0) is 15.1. The molecule has 1 amide bonds. The van der Waals surface area contributed by atoms with Gasteiger partial charge in [0.2, 0.25) is 0 Å². The van der Waals surface area contributed by atoms with Crippen molar-refractivity contribution in [1.82, 2.24) is 5.32 Å². The number of carbonyl (C=O) groups is 1. The molecule has 0 spiro atoms. The first kappa shape index (κ1) is 15.9. The summed E-state index contributed by atoms with van der Waals surface area (Å²) in [5.74, 6) is -0.0282. The Bertz CT molecular complexity index is 660. The summed E-state index contributed by atoms with van der Waals surface area (Å²) in [6.45, 7) is 2.04. The highest BCUT2D eigenvalue weighted by Gasteiger charge is 2.37. The Kier molecular flexibility index (Phi) is 4.54. The maximum absolute atomic E-state index is 12.2. The zero-order valence-corrected chi connectivity index (χ0v) is 13.6. The Hall–Kier alpha value is -0.490. The van der Waals surface area contributed by atoms with Crippen LogP contribution < -0.4 is 5.32 Å². The fourth-order valence-electron chi connectivity index (χ4n) is 2.05. The monoisotopic (exact) mass is 355 g/mol. The van der Waals surface area contributed by atoms with Crippen LogP contribution in [-0.2, 0) is 9.05 Å². The molecule has 4 nitrogen and oxygen atoms in total. The van der Waals surface area contributed by atoms with Gasteiger partial charge in [0.25, 0.3) is 15.0 Å². The minimum absolute atomic E-state index is 0.0585. The summed E-state index contributed by atoms with van der Waals surface area (Å²) in [7, 11) is 1.24. The number of amides is 1. The molecule has 0 saturated heterocycles. The number of carbonyl (C=O) groups excluding carboxylic acids is 1. The number of rotatable bonds is 4. The first-order valence-corrected chi connectivity index (χ1v) is 9.05. The second kappa shape index (κ2) is 5.72. The molecule has 1 N–H and O–H groups in total.